The van der Waals surface area contributed by atoms with Gasteiger partial charge >= 0.3 is 6.09 Å². The van der Waals surface area contributed by atoms with Crippen LogP contribution in [0.1, 0.15) is 62.2 Å². The number of rotatable bonds is 19. The third-order valence-corrected chi connectivity index (χ3v) is 13.0. The monoisotopic (exact) mass is 741 g/mol. The largest absolute Gasteiger partial charge is 0.486 e. The standard InChI is InChI=1S/C38H49F2N3O6SSi/c1-51(2,38(47)48)22-20-49-37(46)41-17-9-18-43(35(45)27-50-21-10-19-44)36(29-13-7-4-8-14-29)34-23-30(32-24-31(39)15-16-33(32)40)26-42(34)25-28-11-5-3-6-12-28/h3,5-6,11-12,15-16,19,23-24,26,29,36H,4,7-10,13-14,17-18,20-22,25,27H2,1-2H3,(H,41,46)(H,47,48)/t36-/m1/s1. The van der Waals surface area contributed by atoms with E-state index in [1.807, 2.05) is 52.1 Å². The van der Waals surface area contributed by atoms with Crippen LogP contribution in [0.5, 0.6) is 0 Å². The zero-order chi connectivity index (χ0) is 36.8. The zero-order valence-electron chi connectivity index (χ0n) is 29.5. The third kappa shape index (κ3) is 11.8. The van der Waals surface area contributed by atoms with Gasteiger partial charge in [0.1, 0.15) is 17.9 Å². The van der Waals surface area contributed by atoms with Crippen molar-refractivity contribution in [3.05, 3.63) is 83.7 Å². The molecule has 1 saturated carbocycles. The molecule has 4 rings (SSSR count). The number of hydrogen-bond acceptors (Lipinski definition) is 6. The number of aromatic nitrogens is 1. The molecular formula is C38H49F2N3O6SSi. The van der Waals surface area contributed by atoms with E-state index in [1.54, 1.807) is 13.1 Å². The number of ether oxygens (including phenoxy) is 1. The second kappa shape index (κ2) is 19.6. The fourth-order valence-corrected chi connectivity index (χ4v) is 8.03. The summed E-state index contributed by atoms with van der Waals surface area (Å²) in [6, 6.07) is 15.1. The summed E-state index contributed by atoms with van der Waals surface area (Å²) in [4.78, 5) is 50.9. The molecule has 51 heavy (non-hydrogen) atoms. The van der Waals surface area contributed by atoms with Crippen molar-refractivity contribution in [2.45, 2.75) is 76.7 Å². The lowest BCUT2D eigenvalue weighted by molar-refractivity contribution is -0.132. The zero-order valence-corrected chi connectivity index (χ0v) is 31.3. The smallest absolute Gasteiger partial charge is 0.407 e. The van der Waals surface area contributed by atoms with Gasteiger partial charge in [-0.15, -0.1) is 0 Å². The number of thioether (sulfide) groups is 1. The Bertz CT molecular complexity index is 1620. The van der Waals surface area contributed by atoms with Gasteiger partial charge in [-0.05, 0) is 61.1 Å². The normalized spacial score (nSPS) is 14.1. The molecule has 0 unspecified atom stereocenters. The van der Waals surface area contributed by atoms with Crippen molar-refractivity contribution in [1.82, 2.24) is 14.8 Å². The third-order valence-electron chi connectivity index (χ3n) is 9.41. The number of carboxylic acid groups (broad SMARTS) is 1. The molecule has 1 heterocycles. The summed E-state index contributed by atoms with van der Waals surface area (Å²) in [6.07, 6.45) is 7.70. The van der Waals surface area contributed by atoms with Crippen molar-refractivity contribution in [1.29, 1.82) is 0 Å². The van der Waals surface area contributed by atoms with Crippen molar-refractivity contribution in [3.63, 3.8) is 0 Å². The summed E-state index contributed by atoms with van der Waals surface area (Å²) < 4.78 is 36.9. The van der Waals surface area contributed by atoms with Crippen LogP contribution < -0.4 is 5.32 Å². The fourth-order valence-electron chi connectivity index (χ4n) is 6.46. The molecular weight excluding hydrogens is 693 g/mol. The number of amides is 2. The van der Waals surface area contributed by atoms with Gasteiger partial charge in [-0.2, -0.15) is 11.8 Å². The number of nitrogens with one attached hydrogen (secondary N) is 1. The van der Waals surface area contributed by atoms with Crippen molar-refractivity contribution < 1.29 is 37.8 Å². The molecule has 1 aromatic heterocycles. The van der Waals surface area contributed by atoms with E-state index in [-0.39, 0.29) is 42.3 Å². The number of carbonyl (C=O) groups excluding carboxylic acids is 3. The van der Waals surface area contributed by atoms with Crippen molar-refractivity contribution in [2.75, 3.05) is 31.2 Å². The van der Waals surface area contributed by atoms with Crippen molar-refractivity contribution >= 4 is 43.7 Å². The maximum atomic E-state index is 15.2. The summed E-state index contributed by atoms with van der Waals surface area (Å²) in [5, 5.41) is 12.1. The molecule has 3 aromatic rings. The second-order valence-electron chi connectivity index (χ2n) is 13.7. The number of aldehydes is 1. The Morgan fingerprint density at radius 3 is 2.55 bits per heavy atom. The molecule has 2 amide bonds. The van der Waals surface area contributed by atoms with Crippen LogP contribution in [0, 0.1) is 17.6 Å². The number of halogens is 2. The van der Waals surface area contributed by atoms with E-state index in [0.29, 0.717) is 43.3 Å². The van der Waals surface area contributed by atoms with Gasteiger partial charge in [-0.3, -0.25) is 9.59 Å². The molecule has 1 aliphatic rings. The number of benzene rings is 2. The highest BCUT2D eigenvalue weighted by Gasteiger charge is 2.35. The molecule has 1 aliphatic carbocycles. The van der Waals surface area contributed by atoms with Gasteiger partial charge in [-0.1, -0.05) is 62.7 Å². The minimum Gasteiger partial charge on any atom is -0.486 e. The predicted octanol–water partition coefficient (Wildman–Crippen LogP) is 8.34. The lowest BCUT2D eigenvalue weighted by atomic mass is 9.81. The highest BCUT2D eigenvalue weighted by molar-refractivity contribution is 7.99. The topological polar surface area (TPSA) is 118 Å². The van der Waals surface area contributed by atoms with Crippen LogP contribution in [0.25, 0.3) is 11.1 Å². The van der Waals surface area contributed by atoms with Gasteiger partial charge in [0, 0.05) is 54.8 Å². The number of nitrogens with zero attached hydrogens (tertiary/aromatic N) is 2. The Morgan fingerprint density at radius 2 is 1.84 bits per heavy atom. The molecule has 276 valence electrons. The summed E-state index contributed by atoms with van der Waals surface area (Å²) in [5.74, 6) is -0.399. The molecule has 2 N–H and O–H groups in total. The van der Waals surface area contributed by atoms with Gasteiger partial charge in [0.25, 0.3) is 5.59 Å². The molecule has 0 saturated heterocycles. The van der Waals surface area contributed by atoms with E-state index in [0.717, 1.165) is 61.8 Å². The van der Waals surface area contributed by atoms with Crippen LogP contribution in [0.4, 0.5) is 18.4 Å². The summed E-state index contributed by atoms with van der Waals surface area (Å²) >= 11 is 1.39. The first-order valence-corrected chi connectivity index (χ1v) is 22.0. The van der Waals surface area contributed by atoms with E-state index in [9.17, 15) is 28.7 Å². The predicted molar refractivity (Wildman–Crippen MR) is 199 cm³/mol. The Morgan fingerprint density at radius 1 is 1.10 bits per heavy atom. The molecule has 0 spiro atoms. The first-order valence-electron chi connectivity index (χ1n) is 17.6. The van der Waals surface area contributed by atoms with Gasteiger partial charge in [-0.25, -0.2) is 13.6 Å². The fraction of sp³-hybridized carbons (Fsp3) is 0.474. The van der Waals surface area contributed by atoms with Crippen LogP contribution in [-0.2, 0) is 20.9 Å². The first kappa shape index (κ1) is 39.8. The average molecular weight is 742 g/mol. The lowest BCUT2D eigenvalue weighted by Gasteiger charge is -2.40. The molecule has 0 aliphatic heterocycles. The summed E-state index contributed by atoms with van der Waals surface area (Å²) in [7, 11) is -2.54. The van der Waals surface area contributed by atoms with Crippen LogP contribution in [0.15, 0.2) is 60.8 Å². The highest BCUT2D eigenvalue weighted by Crippen LogP contribution is 2.41. The molecule has 0 radical (unpaired) electrons. The van der Waals surface area contributed by atoms with E-state index in [2.05, 4.69) is 5.32 Å². The summed E-state index contributed by atoms with van der Waals surface area (Å²) in [5.41, 5.74) is 1.67. The Labute approximate surface area is 304 Å². The lowest BCUT2D eigenvalue weighted by Crippen LogP contribution is -2.43. The van der Waals surface area contributed by atoms with Gasteiger partial charge < -0.3 is 29.4 Å². The molecule has 1 fully saturated rings. The second-order valence-corrected chi connectivity index (χ2v) is 19.5. The van der Waals surface area contributed by atoms with E-state index >= 15 is 4.39 Å². The molecule has 13 heteroatoms. The van der Waals surface area contributed by atoms with Gasteiger partial charge in [0.2, 0.25) is 5.91 Å². The highest BCUT2D eigenvalue weighted by atomic mass is 32.2. The molecule has 0 bridgehead atoms. The Hall–Kier alpha value is -3.97. The first-order chi connectivity index (χ1) is 24.5. The quantitative estimate of drug-likeness (QED) is 0.0721. The maximum absolute atomic E-state index is 15.2. The van der Waals surface area contributed by atoms with Gasteiger partial charge in [0.15, 0.2) is 8.07 Å². The van der Waals surface area contributed by atoms with Crippen molar-refractivity contribution in [3.8, 4) is 11.1 Å². The van der Waals surface area contributed by atoms with Gasteiger partial charge in [0.05, 0.1) is 18.4 Å². The molecule has 9 nitrogen and oxygen atoms in total. The molecule has 1 atom stereocenters. The summed E-state index contributed by atoms with van der Waals surface area (Å²) in [6.45, 7) is 4.42. The molecule has 2 aromatic carbocycles. The number of carbonyl (C=O) groups is 4. The van der Waals surface area contributed by atoms with E-state index < -0.39 is 31.4 Å². The number of alkyl carbamates (subject to hydrolysis) is 1. The van der Waals surface area contributed by atoms with Crippen LogP contribution in [0.2, 0.25) is 19.1 Å². The number of hydrogen-bond donors (Lipinski definition) is 2. The van der Waals surface area contributed by atoms with Crippen molar-refractivity contribution in [2.24, 2.45) is 5.92 Å². The van der Waals surface area contributed by atoms with E-state index in [1.165, 1.54) is 17.8 Å². The van der Waals surface area contributed by atoms with Crippen LogP contribution in [-0.4, -0.2) is 77.7 Å². The Balaban J connectivity index is 1.65. The minimum absolute atomic E-state index is 0.0103. The average Bonchev–Trinajstić information content (AvgIpc) is 3.52. The SMILES string of the molecule is C[Si](C)(CCOC(=O)NCCCN(C(=O)CSCCC=O)[C@@H](c1cc(-c2cc(F)ccc2F)cn1Cc1ccccc1)C1CCCCC1)C(=O)O. The van der Waals surface area contributed by atoms with Crippen LogP contribution in [0.3, 0.4) is 0 Å². The Kier molecular flexibility index (Phi) is 15.3. The van der Waals surface area contributed by atoms with Crippen LogP contribution >= 0.6 is 11.8 Å². The van der Waals surface area contributed by atoms with E-state index in [4.69, 9.17) is 4.74 Å². The maximum Gasteiger partial charge on any atom is 0.407 e. The minimum atomic E-state index is -2.54.